The van der Waals surface area contributed by atoms with E-state index < -0.39 is 0 Å². The maximum atomic E-state index is 13.0. The van der Waals surface area contributed by atoms with Crippen molar-refractivity contribution < 1.29 is 15.0 Å². The molecule has 9 atom stereocenters. The molecular weight excluding hydrogens is 446 g/mol. The first-order valence-electron chi connectivity index (χ1n) is 15.0. The third-order valence-corrected chi connectivity index (χ3v) is 13.8. The van der Waals surface area contributed by atoms with Gasteiger partial charge in [-0.3, -0.25) is 4.79 Å². The van der Waals surface area contributed by atoms with Gasteiger partial charge >= 0.3 is 0 Å². The Morgan fingerprint density at radius 2 is 1.67 bits per heavy atom. The minimum Gasteiger partial charge on any atom is -0.396 e. The van der Waals surface area contributed by atoms with Crippen LogP contribution in [0.25, 0.3) is 0 Å². The third kappa shape index (κ3) is 3.45. The summed E-state index contributed by atoms with van der Waals surface area (Å²) in [5.74, 6) is 3.26. The Hall–Kier alpha value is -0.710. The molecule has 0 aromatic rings. The topological polar surface area (TPSA) is 69.6 Å². The zero-order valence-electron chi connectivity index (χ0n) is 23.8. The van der Waals surface area contributed by atoms with Crippen LogP contribution in [0.2, 0.25) is 0 Å². The molecule has 0 aromatic heterocycles. The van der Waals surface area contributed by atoms with Gasteiger partial charge in [0, 0.05) is 31.5 Å². The molecule has 0 radical (unpaired) electrons. The summed E-state index contributed by atoms with van der Waals surface area (Å²) in [5.41, 5.74) is 1.93. The van der Waals surface area contributed by atoms with Crippen molar-refractivity contribution in [1.82, 2.24) is 5.32 Å². The van der Waals surface area contributed by atoms with Gasteiger partial charge in [-0.15, -0.1) is 0 Å². The molecule has 0 unspecified atom stereocenters. The summed E-state index contributed by atoms with van der Waals surface area (Å²) >= 11 is 0. The number of fused-ring (bicyclic) bond motifs is 7. The SMILES string of the molecule is C=C(CNCCO)[C@@H]1CC[C@]2(CO)CC[C@]3(C)[C@H](CC[C@@H]4[C@@]5(C)CCC(=O)C(C)(C)[C@@H]5CC[C@]43C)[C@@H]12. The molecule has 4 heteroatoms. The third-order valence-electron chi connectivity index (χ3n) is 13.8. The fourth-order valence-corrected chi connectivity index (χ4v) is 11.7. The van der Waals surface area contributed by atoms with Crippen LogP contribution in [0, 0.1) is 56.7 Å². The minimum atomic E-state index is -0.194. The molecular formula is C32H53NO3. The standard InChI is InChI=1S/C32H53NO3/c1-21(19-33-17-18-34)22-9-14-32(20-35)16-15-30(5)23(27(22)32)7-8-25-29(4)12-11-26(36)28(2,3)24(29)10-13-31(25,30)6/h22-25,27,33-35H,1,7-20H2,2-6H3/t22-,23+,24-,25+,27+,29-,30+,31+,32+/m0/s1. The van der Waals surface area contributed by atoms with Gasteiger partial charge in [0.15, 0.2) is 0 Å². The van der Waals surface area contributed by atoms with Gasteiger partial charge < -0.3 is 15.5 Å². The number of hydrogen-bond acceptors (Lipinski definition) is 4. The lowest BCUT2D eigenvalue weighted by atomic mass is 9.32. The Labute approximate surface area is 220 Å². The van der Waals surface area contributed by atoms with Crippen LogP contribution in [0.5, 0.6) is 0 Å². The van der Waals surface area contributed by atoms with E-state index in [9.17, 15) is 15.0 Å². The van der Waals surface area contributed by atoms with Crippen molar-refractivity contribution in [3.05, 3.63) is 12.2 Å². The molecule has 5 aliphatic carbocycles. The van der Waals surface area contributed by atoms with Crippen LogP contribution >= 0.6 is 0 Å². The zero-order valence-corrected chi connectivity index (χ0v) is 23.8. The van der Waals surface area contributed by atoms with E-state index in [2.05, 4.69) is 46.5 Å². The first-order valence-corrected chi connectivity index (χ1v) is 15.0. The molecule has 5 fully saturated rings. The first-order chi connectivity index (χ1) is 16.9. The maximum absolute atomic E-state index is 13.0. The van der Waals surface area contributed by atoms with Gasteiger partial charge in [-0.1, -0.05) is 46.8 Å². The van der Waals surface area contributed by atoms with Gasteiger partial charge in [-0.25, -0.2) is 0 Å². The van der Waals surface area contributed by atoms with E-state index in [1.807, 2.05) is 0 Å². The summed E-state index contributed by atoms with van der Waals surface area (Å²) in [6, 6.07) is 0. The van der Waals surface area contributed by atoms with Crippen LogP contribution in [-0.4, -0.2) is 42.3 Å². The molecule has 204 valence electrons. The number of aliphatic hydroxyl groups is 2. The second kappa shape index (κ2) is 8.91. The lowest BCUT2D eigenvalue weighted by Gasteiger charge is -2.72. The van der Waals surface area contributed by atoms with Crippen LogP contribution < -0.4 is 5.32 Å². The summed E-state index contributed by atoms with van der Waals surface area (Å²) in [4.78, 5) is 13.0. The smallest absolute Gasteiger partial charge is 0.138 e. The Kier molecular flexibility index (Phi) is 6.66. The fourth-order valence-electron chi connectivity index (χ4n) is 11.7. The van der Waals surface area contributed by atoms with Gasteiger partial charge in [0.05, 0.1) is 6.61 Å². The lowest BCUT2D eigenvalue weighted by molar-refractivity contribution is -0.236. The van der Waals surface area contributed by atoms with E-state index in [-0.39, 0.29) is 33.7 Å². The van der Waals surface area contributed by atoms with Crippen LogP contribution in [0.1, 0.15) is 98.8 Å². The van der Waals surface area contributed by atoms with Crippen LogP contribution in [0.15, 0.2) is 12.2 Å². The van der Waals surface area contributed by atoms with E-state index in [1.165, 1.54) is 37.7 Å². The van der Waals surface area contributed by atoms with Crippen molar-refractivity contribution in [2.75, 3.05) is 26.3 Å². The molecule has 0 aromatic carbocycles. The average molecular weight is 500 g/mol. The molecule has 0 saturated heterocycles. The number of ketones is 1. The molecule has 0 spiro atoms. The predicted octanol–water partition coefficient (Wildman–Crippen LogP) is 5.77. The predicted molar refractivity (Wildman–Crippen MR) is 145 cm³/mol. The molecule has 5 saturated carbocycles. The molecule has 36 heavy (non-hydrogen) atoms. The number of hydrogen-bond donors (Lipinski definition) is 3. The number of carbonyl (C=O) groups is 1. The Morgan fingerprint density at radius 1 is 0.917 bits per heavy atom. The Morgan fingerprint density at radius 3 is 2.36 bits per heavy atom. The van der Waals surface area contributed by atoms with Crippen molar-refractivity contribution in [1.29, 1.82) is 0 Å². The molecule has 5 aliphatic rings. The first kappa shape index (κ1) is 26.9. The molecule has 0 amide bonds. The van der Waals surface area contributed by atoms with E-state index in [1.54, 1.807) is 0 Å². The highest BCUT2D eigenvalue weighted by molar-refractivity contribution is 5.85. The van der Waals surface area contributed by atoms with E-state index in [4.69, 9.17) is 0 Å². The molecule has 5 rings (SSSR count). The van der Waals surface area contributed by atoms with E-state index >= 15 is 0 Å². The van der Waals surface area contributed by atoms with Crippen LogP contribution in [0.4, 0.5) is 0 Å². The van der Waals surface area contributed by atoms with Crippen molar-refractivity contribution in [2.45, 2.75) is 98.8 Å². The van der Waals surface area contributed by atoms with Crippen molar-refractivity contribution >= 4 is 5.78 Å². The summed E-state index contributed by atoms with van der Waals surface area (Å²) < 4.78 is 0. The van der Waals surface area contributed by atoms with Gasteiger partial charge in [-0.2, -0.15) is 0 Å². The number of aliphatic hydroxyl groups excluding tert-OH is 2. The number of rotatable bonds is 6. The quantitative estimate of drug-likeness (QED) is 0.321. The van der Waals surface area contributed by atoms with Gasteiger partial charge in [-0.05, 0) is 109 Å². The highest BCUT2D eigenvalue weighted by atomic mass is 16.3. The van der Waals surface area contributed by atoms with Crippen LogP contribution in [0.3, 0.4) is 0 Å². The van der Waals surface area contributed by atoms with Gasteiger partial charge in [0.2, 0.25) is 0 Å². The zero-order chi connectivity index (χ0) is 26.1. The van der Waals surface area contributed by atoms with E-state index in [0.29, 0.717) is 48.5 Å². The number of Topliss-reactive ketones (excluding diaryl/α,β-unsaturated/α-hetero) is 1. The lowest BCUT2D eigenvalue weighted by Crippen LogP contribution is -2.66. The normalized spacial score (nSPS) is 49.5. The Bertz CT molecular complexity index is 898. The van der Waals surface area contributed by atoms with Crippen molar-refractivity contribution in [3.63, 3.8) is 0 Å². The monoisotopic (exact) mass is 499 g/mol. The Balaban J connectivity index is 1.49. The van der Waals surface area contributed by atoms with Crippen molar-refractivity contribution in [2.24, 2.45) is 56.7 Å². The highest BCUT2D eigenvalue weighted by Crippen LogP contribution is 2.77. The molecule has 0 heterocycles. The second-order valence-corrected chi connectivity index (χ2v) is 15.1. The molecule has 0 aliphatic heterocycles. The maximum Gasteiger partial charge on any atom is 0.138 e. The molecule has 0 bridgehead atoms. The summed E-state index contributed by atoms with van der Waals surface area (Å²) in [6.07, 6.45) is 11.4. The average Bonchev–Trinajstić information content (AvgIpc) is 3.22. The molecule has 3 N–H and O–H groups in total. The number of nitrogens with one attached hydrogen (secondary N) is 1. The fraction of sp³-hybridized carbons (Fsp3) is 0.906. The second-order valence-electron chi connectivity index (χ2n) is 15.1. The van der Waals surface area contributed by atoms with Crippen LogP contribution in [-0.2, 0) is 4.79 Å². The summed E-state index contributed by atoms with van der Waals surface area (Å²) in [6.45, 7) is 18.7. The van der Waals surface area contributed by atoms with Gasteiger partial charge in [0.25, 0.3) is 0 Å². The summed E-state index contributed by atoms with van der Waals surface area (Å²) in [5, 5.41) is 23.4. The largest absolute Gasteiger partial charge is 0.396 e. The molecule has 4 nitrogen and oxygen atoms in total. The summed E-state index contributed by atoms with van der Waals surface area (Å²) in [7, 11) is 0. The minimum absolute atomic E-state index is 0.0539. The van der Waals surface area contributed by atoms with E-state index in [0.717, 1.165) is 38.6 Å². The number of carbonyl (C=O) groups excluding carboxylic acids is 1. The van der Waals surface area contributed by atoms with Gasteiger partial charge in [0.1, 0.15) is 5.78 Å². The van der Waals surface area contributed by atoms with Crippen molar-refractivity contribution in [3.8, 4) is 0 Å². The highest BCUT2D eigenvalue weighted by Gasteiger charge is 2.70.